The van der Waals surface area contributed by atoms with Crippen LogP contribution in [0.3, 0.4) is 0 Å². The lowest BCUT2D eigenvalue weighted by molar-refractivity contribution is 0.00747. The van der Waals surface area contributed by atoms with Crippen molar-refractivity contribution < 1.29 is 9.84 Å². The van der Waals surface area contributed by atoms with Crippen LogP contribution in [0, 0.1) is 0 Å². The van der Waals surface area contributed by atoms with Crippen LogP contribution in [0.2, 0.25) is 0 Å². The smallest absolute Gasteiger partial charge is 0.128 e. The zero-order valence-corrected chi connectivity index (χ0v) is 14.2. The molecule has 1 aromatic carbocycles. The van der Waals surface area contributed by atoms with Crippen molar-refractivity contribution in [3.63, 3.8) is 0 Å². The molecule has 1 atom stereocenters. The number of aliphatic hydroxyl groups excluding tert-OH is 1. The molecule has 2 heterocycles. The molecular weight excluding hydrogens is 302 g/mol. The first kappa shape index (κ1) is 17.0. The van der Waals surface area contributed by atoms with Gasteiger partial charge in [-0.25, -0.2) is 9.97 Å². The highest BCUT2D eigenvalue weighted by Crippen LogP contribution is 2.16. The van der Waals surface area contributed by atoms with Gasteiger partial charge in [0.2, 0.25) is 0 Å². The van der Waals surface area contributed by atoms with E-state index in [0.717, 1.165) is 43.0 Å². The normalized spacial score (nSPS) is 15.9. The van der Waals surface area contributed by atoms with Crippen LogP contribution in [0.1, 0.15) is 29.6 Å². The average molecular weight is 327 g/mol. The number of hydrogen-bond acceptors (Lipinski definition) is 5. The van der Waals surface area contributed by atoms with E-state index in [0.29, 0.717) is 19.8 Å². The summed E-state index contributed by atoms with van der Waals surface area (Å²) in [5.41, 5.74) is 3.46. The Morgan fingerprint density at radius 2 is 2.12 bits per heavy atom. The maximum absolute atomic E-state index is 10.2. The number of ether oxygens (including phenoxy) is 1. The second kappa shape index (κ2) is 8.33. The summed E-state index contributed by atoms with van der Waals surface area (Å²) in [6.07, 6.45) is 3.26. The predicted molar refractivity (Wildman–Crippen MR) is 92.5 cm³/mol. The second-order valence-corrected chi connectivity index (χ2v) is 6.25. The third-order valence-corrected chi connectivity index (χ3v) is 4.28. The van der Waals surface area contributed by atoms with E-state index in [9.17, 15) is 5.11 Å². The fourth-order valence-corrected chi connectivity index (χ4v) is 2.96. The lowest BCUT2D eigenvalue weighted by Gasteiger charge is -2.29. The van der Waals surface area contributed by atoms with Crippen molar-refractivity contribution in [2.24, 2.45) is 0 Å². The standard InChI is InChI=1S/C19H25N3O2/c1-2-19-20-10-16-8-9-22(12-18(16)21-19)11-17(23)14-24-13-15-6-4-3-5-7-15/h3-7,10,17,23H,2,8-9,11-14H2,1H3. The fourth-order valence-electron chi connectivity index (χ4n) is 2.96. The Balaban J connectivity index is 1.46. The first-order valence-corrected chi connectivity index (χ1v) is 8.60. The van der Waals surface area contributed by atoms with E-state index in [2.05, 4.69) is 21.8 Å². The van der Waals surface area contributed by atoms with Gasteiger partial charge in [0.1, 0.15) is 5.82 Å². The Morgan fingerprint density at radius 1 is 1.29 bits per heavy atom. The summed E-state index contributed by atoms with van der Waals surface area (Å²) in [7, 11) is 0. The third kappa shape index (κ3) is 4.60. The van der Waals surface area contributed by atoms with Crippen LogP contribution in [0.15, 0.2) is 36.5 Å². The molecule has 0 spiro atoms. The van der Waals surface area contributed by atoms with E-state index in [1.54, 1.807) is 0 Å². The molecule has 5 nitrogen and oxygen atoms in total. The Bertz CT molecular complexity index is 648. The van der Waals surface area contributed by atoms with Gasteiger partial charge in [-0.3, -0.25) is 4.90 Å². The molecule has 5 heteroatoms. The minimum atomic E-state index is -0.484. The minimum Gasteiger partial charge on any atom is -0.389 e. The monoisotopic (exact) mass is 327 g/mol. The van der Waals surface area contributed by atoms with Crippen LogP contribution >= 0.6 is 0 Å². The highest BCUT2D eigenvalue weighted by Gasteiger charge is 2.20. The zero-order valence-electron chi connectivity index (χ0n) is 14.2. The summed E-state index contributed by atoms with van der Waals surface area (Å²) < 4.78 is 5.63. The Hall–Kier alpha value is -1.82. The third-order valence-electron chi connectivity index (χ3n) is 4.28. The van der Waals surface area contributed by atoms with Gasteiger partial charge < -0.3 is 9.84 Å². The molecule has 2 aromatic rings. The highest BCUT2D eigenvalue weighted by molar-refractivity contribution is 5.20. The van der Waals surface area contributed by atoms with Crippen molar-refractivity contribution in [3.05, 3.63) is 59.2 Å². The van der Waals surface area contributed by atoms with Crippen LogP contribution in [0.5, 0.6) is 0 Å². The number of nitrogens with zero attached hydrogens (tertiary/aromatic N) is 3. The number of β-amino-alcohol motifs (C(OH)–C–C–N with tert-alkyl or cyclic N) is 1. The van der Waals surface area contributed by atoms with Crippen LogP contribution in [0.25, 0.3) is 0 Å². The van der Waals surface area contributed by atoms with Crippen molar-refractivity contribution in [2.75, 3.05) is 19.7 Å². The lowest BCUT2D eigenvalue weighted by atomic mass is 10.1. The molecular formula is C19H25N3O2. The number of hydrogen-bond donors (Lipinski definition) is 1. The van der Waals surface area contributed by atoms with Gasteiger partial charge in [-0.05, 0) is 17.5 Å². The maximum Gasteiger partial charge on any atom is 0.128 e. The summed E-state index contributed by atoms with van der Waals surface area (Å²) >= 11 is 0. The van der Waals surface area contributed by atoms with Gasteiger partial charge in [0.15, 0.2) is 0 Å². The predicted octanol–water partition coefficient (Wildman–Crippen LogP) is 1.97. The van der Waals surface area contributed by atoms with Crippen molar-refractivity contribution in [1.29, 1.82) is 0 Å². The van der Waals surface area contributed by atoms with Crippen molar-refractivity contribution in [2.45, 2.75) is 39.0 Å². The molecule has 1 aliphatic rings. The Morgan fingerprint density at radius 3 is 2.92 bits per heavy atom. The summed E-state index contributed by atoms with van der Waals surface area (Å²) in [6, 6.07) is 10.0. The van der Waals surface area contributed by atoms with Crippen LogP contribution in [0.4, 0.5) is 0 Å². The van der Waals surface area contributed by atoms with Gasteiger partial charge in [-0.1, -0.05) is 37.3 Å². The minimum absolute atomic E-state index is 0.349. The van der Waals surface area contributed by atoms with Crippen LogP contribution in [-0.4, -0.2) is 45.8 Å². The molecule has 3 rings (SSSR count). The molecule has 1 aromatic heterocycles. The summed E-state index contributed by atoms with van der Waals surface area (Å²) in [5.74, 6) is 0.891. The van der Waals surface area contributed by atoms with Crippen LogP contribution in [-0.2, 0) is 30.7 Å². The molecule has 1 N–H and O–H groups in total. The molecule has 0 saturated carbocycles. The average Bonchev–Trinajstić information content (AvgIpc) is 2.62. The fraction of sp³-hybridized carbons (Fsp3) is 0.474. The Kier molecular flexibility index (Phi) is 5.91. The largest absolute Gasteiger partial charge is 0.389 e. The lowest BCUT2D eigenvalue weighted by Crippen LogP contribution is -2.38. The second-order valence-electron chi connectivity index (χ2n) is 6.25. The van der Waals surface area contributed by atoms with E-state index < -0.39 is 6.10 Å². The first-order valence-electron chi connectivity index (χ1n) is 8.60. The molecule has 0 amide bonds. The quantitative estimate of drug-likeness (QED) is 0.843. The number of aliphatic hydroxyl groups is 1. The zero-order chi connectivity index (χ0) is 16.8. The SMILES string of the molecule is CCc1ncc2c(n1)CN(CC(O)COCc1ccccc1)CC2. The number of fused-ring (bicyclic) bond motifs is 1. The van der Waals surface area contributed by atoms with Gasteiger partial charge in [0, 0.05) is 32.3 Å². The summed E-state index contributed by atoms with van der Waals surface area (Å²) in [6.45, 7) is 5.27. The Labute approximate surface area is 143 Å². The van der Waals surface area contributed by atoms with Gasteiger partial charge >= 0.3 is 0 Å². The van der Waals surface area contributed by atoms with E-state index in [-0.39, 0.29) is 0 Å². The van der Waals surface area contributed by atoms with E-state index >= 15 is 0 Å². The van der Waals surface area contributed by atoms with Gasteiger partial charge in [-0.15, -0.1) is 0 Å². The number of rotatable bonds is 7. The molecule has 128 valence electrons. The highest BCUT2D eigenvalue weighted by atomic mass is 16.5. The molecule has 1 aliphatic heterocycles. The molecule has 0 radical (unpaired) electrons. The maximum atomic E-state index is 10.2. The van der Waals surface area contributed by atoms with Crippen molar-refractivity contribution in [3.8, 4) is 0 Å². The number of benzene rings is 1. The van der Waals surface area contributed by atoms with E-state index in [1.165, 1.54) is 5.56 Å². The van der Waals surface area contributed by atoms with Gasteiger partial charge in [0.25, 0.3) is 0 Å². The number of aromatic nitrogens is 2. The van der Waals surface area contributed by atoms with Crippen molar-refractivity contribution in [1.82, 2.24) is 14.9 Å². The number of aryl methyl sites for hydroxylation is 1. The molecule has 0 aliphatic carbocycles. The molecule has 0 bridgehead atoms. The summed E-state index contributed by atoms with van der Waals surface area (Å²) in [5, 5.41) is 10.2. The van der Waals surface area contributed by atoms with E-state index in [1.807, 2.05) is 36.5 Å². The summed E-state index contributed by atoms with van der Waals surface area (Å²) in [4.78, 5) is 11.2. The molecule has 1 unspecified atom stereocenters. The van der Waals surface area contributed by atoms with Gasteiger partial charge in [-0.2, -0.15) is 0 Å². The van der Waals surface area contributed by atoms with Gasteiger partial charge in [0.05, 0.1) is 25.0 Å². The van der Waals surface area contributed by atoms with E-state index in [4.69, 9.17) is 4.74 Å². The van der Waals surface area contributed by atoms with Crippen molar-refractivity contribution >= 4 is 0 Å². The topological polar surface area (TPSA) is 58.5 Å². The van der Waals surface area contributed by atoms with Crippen LogP contribution < -0.4 is 0 Å². The molecule has 0 fully saturated rings. The molecule has 24 heavy (non-hydrogen) atoms. The first-order chi connectivity index (χ1) is 11.7. The molecule has 0 saturated heterocycles.